The monoisotopic (exact) mass is 702 g/mol. The average molecular weight is 703 g/mol. The zero-order valence-corrected chi connectivity index (χ0v) is 29.9. The minimum atomic E-state index is 0.868. The molecule has 11 aromatic rings. The third kappa shape index (κ3) is 5.05. The lowest BCUT2D eigenvalue weighted by atomic mass is 9.92. The molecule has 0 aliphatic rings. The van der Waals surface area contributed by atoms with Crippen molar-refractivity contribution < 1.29 is 4.42 Å². The summed E-state index contributed by atoms with van der Waals surface area (Å²) in [5.41, 5.74) is 13.3. The summed E-state index contributed by atoms with van der Waals surface area (Å²) in [5.74, 6) is 0. The van der Waals surface area contributed by atoms with E-state index in [1.54, 1.807) is 0 Å². The molecule has 11 rings (SSSR count). The summed E-state index contributed by atoms with van der Waals surface area (Å²) in [6.45, 7) is 0. The Kier molecular flexibility index (Phi) is 7.17. The van der Waals surface area contributed by atoms with Gasteiger partial charge in [0.25, 0.3) is 0 Å². The molecule has 9 aromatic carbocycles. The number of aromatic nitrogens is 1. The van der Waals surface area contributed by atoms with Gasteiger partial charge in [-0.3, -0.25) is 0 Å². The van der Waals surface area contributed by atoms with Crippen LogP contribution in [0.5, 0.6) is 0 Å². The van der Waals surface area contributed by atoms with Gasteiger partial charge in [-0.1, -0.05) is 133 Å². The van der Waals surface area contributed by atoms with Gasteiger partial charge in [0, 0.05) is 44.3 Å². The van der Waals surface area contributed by atoms with Gasteiger partial charge in [-0.25, -0.2) is 0 Å². The predicted octanol–water partition coefficient (Wildman–Crippen LogP) is 14.6. The number of benzene rings is 9. The van der Waals surface area contributed by atoms with Crippen molar-refractivity contribution in [1.82, 2.24) is 4.57 Å². The molecule has 0 radical (unpaired) electrons. The molecule has 3 heteroatoms. The second kappa shape index (κ2) is 12.6. The fourth-order valence-corrected chi connectivity index (χ4v) is 8.55. The first-order valence-corrected chi connectivity index (χ1v) is 18.8. The number of furan rings is 1. The molecule has 258 valence electrons. The van der Waals surface area contributed by atoms with E-state index in [2.05, 4.69) is 216 Å². The van der Waals surface area contributed by atoms with Crippen molar-refractivity contribution in [2.75, 3.05) is 4.90 Å². The van der Waals surface area contributed by atoms with Crippen LogP contribution in [-0.2, 0) is 0 Å². The van der Waals surface area contributed by atoms with Crippen LogP contribution in [0.2, 0.25) is 0 Å². The molecule has 0 aliphatic carbocycles. The van der Waals surface area contributed by atoms with Gasteiger partial charge < -0.3 is 13.9 Å². The normalized spacial score (nSPS) is 11.6. The summed E-state index contributed by atoms with van der Waals surface area (Å²) >= 11 is 0. The van der Waals surface area contributed by atoms with Gasteiger partial charge in [-0.15, -0.1) is 0 Å². The van der Waals surface area contributed by atoms with Gasteiger partial charge in [0.05, 0.1) is 11.0 Å². The second-order valence-corrected chi connectivity index (χ2v) is 14.1. The Morgan fingerprint density at radius 3 is 1.73 bits per heavy atom. The van der Waals surface area contributed by atoms with Crippen LogP contribution in [0.3, 0.4) is 0 Å². The van der Waals surface area contributed by atoms with E-state index in [1.807, 2.05) is 0 Å². The van der Waals surface area contributed by atoms with Gasteiger partial charge in [0.2, 0.25) is 0 Å². The van der Waals surface area contributed by atoms with Crippen molar-refractivity contribution in [2.24, 2.45) is 0 Å². The van der Waals surface area contributed by atoms with E-state index in [9.17, 15) is 0 Å². The molecule has 0 saturated heterocycles. The minimum Gasteiger partial charge on any atom is -0.456 e. The molecule has 2 aromatic heterocycles. The molecule has 0 N–H and O–H groups in total. The summed E-state index contributed by atoms with van der Waals surface area (Å²) in [6.07, 6.45) is 0. The first kappa shape index (κ1) is 31.2. The van der Waals surface area contributed by atoms with Gasteiger partial charge >= 0.3 is 0 Å². The summed E-state index contributed by atoms with van der Waals surface area (Å²) in [4.78, 5) is 2.33. The third-order valence-corrected chi connectivity index (χ3v) is 11.0. The molecule has 0 amide bonds. The van der Waals surface area contributed by atoms with E-state index in [4.69, 9.17) is 4.42 Å². The Morgan fingerprint density at radius 1 is 0.345 bits per heavy atom. The van der Waals surface area contributed by atoms with Crippen LogP contribution < -0.4 is 4.90 Å². The van der Waals surface area contributed by atoms with Gasteiger partial charge in [0.1, 0.15) is 11.2 Å². The molecule has 0 atom stereocenters. The Labute approximate surface area is 318 Å². The highest BCUT2D eigenvalue weighted by Crippen LogP contribution is 2.46. The van der Waals surface area contributed by atoms with E-state index in [0.29, 0.717) is 0 Å². The summed E-state index contributed by atoms with van der Waals surface area (Å²) in [7, 11) is 0. The maximum absolute atomic E-state index is 6.78. The molecule has 0 saturated carbocycles. The van der Waals surface area contributed by atoms with E-state index < -0.39 is 0 Å². The zero-order chi connectivity index (χ0) is 36.3. The molecule has 0 spiro atoms. The standard InChI is InChI=1S/C52H34N2O/c1-4-15-35(16-5-1)36-27-29-39(30-28-36)53(37-17-6-2-7-18-37)40-31-32-49-46(33-40)52-42-22-11-10-21-41(42)45(34-50(52)55-49)43-24-14-26-48-51(43)44-23-12-13-25-47(44)54(48)38-19-8-3-9-20-38/h1-34H. The van der Waals surface area contributed by atoms with Crippen molar-refractivity contribution in [1.29, 1.82) is 0 Å². The van der Waals surface area contributed by atoms with Crippen LogP contribution in [-0.4, -0.2) is 4.57 Å². The lowest BCUT2D eigenvalue weighted by Crippen LogP contribution is -2.09. The summed E-state index contributed by atoms with van der Waals surface area (Å²) in [6, 6.07) is 73.7. The summed E-state index contributed by atoms with van der Waals surface area (Å²) in [5, 5.41) is 7.06. The first-order valence-electron chi connectivity index (χ1n) is 18.8. The minimum absolute atomic E-state index is 0.868. The van der Waals surface area contributed by atoms with E-state index in [-0.39, 0.29) is 0 Å². The fraction of sp³-hybridized carbons (Fsp3) is 0. The van der Waals surface area contributed by atoms with Crippen LogP contribution in [0, 0.1) is 0 Å². The molecular weight excluding hydrogens is 669 g/mol. The number of para-hydroxylation sites is 3. The Morgan fingerprint density at radius 2 is 0.945 bits per heavy atom. The predicted molar refractivity (Wildman–Crippen MR) is 231 cm³/mol. The highest BCUT2D eigenvalue weighted by atomic mass is 16.3. The van der Waals surface area contributed by atoms with Crippen LogP contribution >= 0.6 is 0 Å². The smallest absolute Gasteiger partial charge is 0.136 e. The van der Waals surface area contributed by atoms with Crippen LogP contribution in [0.4, 0.5) is 17.1 Å². The number of nitrogens with zero attached hydrogens (tertiary/aromatic N) is 2. The lowest BCUT2D eigenvalue weighted by Gasteiger charge is -2.25. The number of hydrogen-bond donors (Lipinski definition) is 0. The van der Waals surface area contributed by atoms with Crippen LogP contribution in [0.15, 0.2) is 211 Å². The molecule has 0 fully saturated rings. The first-order chi connectivity index (χ1) is 27.3. The second-order valence-electron chi connectivity index (χ2n) is 14.1. The zero-order valence-electron chi connectivity index (χ0n) is 29.9. The lowest BCUT2D eigenvalue weighted by molar-refractivity contribution is 0.669. The Hall–Kier alpha value is -7.36. The third-order valence-electron chi connectivity index (χ3n) is 11.0. The molecule has 0 unspecified atom stereocenters. The topological polar surface area (TPSA) is 21.3 Å². The maximum Gasteiger partial charge on any atom is 0.136 e. The van der Waals surface area contributed by atoms with Crippen molar-refractivity contribution in [3.05, 3.63) is 206 Å². The molecule has 0 bridgehead atoms. The van der Waals surface area contributed by atoms with E-state index in [1.165, 1.54) is 49.3 Å². The quantitative estimate of drug-likeness (QED) is 0.172. The van der Waals surface area contributed by atoms with Gasteiger partial charge in [-0.2, -0.15) is 0 Å². The summed E-state index contributed by atoms with van der Waals surface area (Å²) < 4.78 is 9.16. The molecule has 0 aliphatic heterocycles. The fourth-order valence-electron chi connectivity index (χ4n) is 8.55. The molecule has 3 nitrogen and oxygen atoms in total. The average Bonchev–Trinajstić information content (AvgIpc) is 3.80. The van der Waals surface area contributed by atoms with E-state index >= 15 is 0 Å². The number of fused-ring (bicyclic) bond motifs is 8. The van der Waals surface area contributed by atoms with Crippen molar-refractivity contribution in [2.45, 2.75) is 0 Å². The van der Waals surface area contributed by atoms with Crippen molar-refractivity contribution in [3.8, 4) is 27.9 Å². The molecular formula is C52H34N2O. The van der Waals surface area contributed by atoms with Gasteiger partial charge in [-0.05, 0) is 106 Å². The van der Waals surface area contributed by atoms with E-state index in [0.717, 1.165) is 50.3 Å². The number of anilines is 3. The van der Waals surface area contributed by atoms with Gasteiger partial charge in [0.15, 0.2) is 0 Å². The highest BCUT2D eigenvalue weighted by molar-refractivity contribution is 6.25. The number of hydrogen-bond acceptors (Lipinski definition) is 2. The van der Waals surface area contributed by atoms with Crippen molar-refractivity contribution >= 4 is 71.6 Å². The Balaban J connectivity index is 1.11. The Bertz CT molecular complexity index is 3180. The van der Waals surface area contributed by atoms with Crippen LogP contribution in [0.1, 0.15) is 0 Å². The SMILES string of the molecule is c1ccc(-c2ccc(N(c3ccccc3)c3ccc4oc5cc(-c6cccc7c6c6ccccc6n7-c6ccccc6)c6ccccc6c5c4c3)cc2)cc1. The number of rotatable bonds is 6. The molecule has 55 heavy (non-hydrogen) atoms. The molecule has 2 heterocycles. The largest absolute Gasteiger partial charge is 0.456 e. The van der Waals surface area contributed by atoms with Crippen LogP contribution in [0.25, 0.3) is 82.5 Å². The van der Waals surface area contributed by atoms with Crippen molar-refractivity contribution in [3.63, 3.8) is 0 Å². The maximum atomic E-state index is 6.78. The highest BCUT2D eigenvalue weighted by Gasteiger charge is 2.21.